The number of aliphatic imine (C=N–C) groups is 1. The summed E-state index contributed by atoms with van der Waals surface area (Å²) in [6.45, 7) is 0.819. The topological polar surface area (TPSA) is 65.5 Å². The first kappa shape index (κ1) is 12.9. The Morgan fingerprint density at radius 3 is 2.64 bits per heavy atom. The number of rotatable bonds is 6. The summed E-state index contributed by atoms with van der Waals surface area (Å²) in [5.41, 5.74) is 0. The molecule has 1 unspecified atom stereocenters. The molecule has 0 bridgehead atoms. The normalized spacial score (nSPS) is 13.5. The molecule has 0 aliphatic rings. The second kappa shape index (κ2) is 8.50. The molecule has 5 nitrogen and oxygen atoms in total. The molecule has 0 radical (unpaired) electrons. The van der Waals surface area contributed by atoms with Gasteiger partial charge in [0.25, 0.3) is 0 Å². The first-order valence-electron chi connectivity index (χ1n) is 4.79. The van der Waals surface area contributed by atoms with E-state index in [0.717, 1.165) is 31.6 Å². The Bertz CT molecular complexity index is 182. The zero-order valence-corrected chi connectivity index (χ0v) is 9.13. The predicted octanol–water partition coefficient (Wildman–Crippen LogP) is -0.652. The van der Waals surface area contributed by atoms with Crippen molar-refractivity contribution < 1.29 is 4.79 Å². The maximum atomic E-state index is 10.5. The Kier molecular flexibility index (Phi) is 7.83. The summed E-state index contributed by atoms with van der Waals surface area (Å²) < 4.78 is 0. The molecule has 0 aliphatic heterocycles. The monoisotopic (exact) mass is 200 g/mol. The van der Waals surface area contributed by atoms with Crippen LogP contribution in [0.2, 0.25) is 0 Å². The minimum atomic E-state index is -0.0339. The van der Waals surface area contributed by atoms with E-state index in [-0.39, 0.29) is 6.04 Å². The van der Waals surface area contributed by atoms with Gasteiger partial charge in [-0.2, -0.15) is 0 Å². The van der Waals surface area contributed by atoms with Crippen LogP contribution in [-0.4, -0.2) is 46.0 Å². The molecule has 0 heterocycles. The highest BCUT2D eigenvalue weighted by molar-refractivity contribution is 5.79. The maximum Gasteiger partial charge on any atom is 0.190 e. The number of likely N-dealkylation sites (N-methyl/N-ethyl adjacent to an activating group) is 1. The molecule has 0 saturated carbocycles. The molecule has 3 N–H and O–H groups in total. The molecule has 0 amide bonds. The molecule has 14 heavy (non-hydrogen) atoms. The Balaban J connectivity index is 3.50. The van der Waals surface area contributed by atoms with Crippen molar-refractivity contribution in [3.63, 3.8) is 0 Å². The lowest BCUT2D eigenvalue weighted by Crippen LogP contribution is -2.36. The summed E-state index contributed by atoms with van der Waals surface area (Å²) >= 11 is 0. The zero-order valence-electron chi connectivity index (χ0n) is 9.13. The van der Waals surface area contributed by atoms with Crippen LogP contribution in [0, 0.1) is 0 Å². The van der Waals surface area contributed by atoms with E-state index in [0.29, 0.717) is 0 Å². The van der Waals surface area contributed by atoms with Crippen molar-refractivity contribution in [2.75, 3.05) is 27.7 Å². The lowest BCUT2D eigenvalue weighted by atomic mass is 10.2. The number of nitrogens with one attached hydrogen (secondary N) is 3. The van der Waals surface area contributed by atoms with Crippen LogP contribution in [0.5, 0.6) is 0 Å². The quantitative estimate of drug-likeness (QED) is 0.231. The Morgan fingerprint density at radius 1 is 1.50 bits per heavy atom. The highest BCUT2D eigenvalue weighted by Gasteiger charge is 2.02. The highest BCUT2D eigenvalue weighted by atomic mass is 16.1. The SMILES string of the molecule is CN=C(NC)NCCCC(C=O)NC. The van der Waals surface area contributed by atoms with Gasteiger partial charge >= 0.3 is 0 Å². The van der Waals surface area contributed by atoms with E-state index in [1.807, 2.05) is 7.05 Å². The molecular formula is C9H20N4O. The number of carbonyl (C=O) groups is 1. The lowest BCUT2D eigenvalue weighted by Gasteiger charge is -2.10. The van der Waals surface area contributed by atoms with Gasteiger partial charge in [0.2, 0.25) is 0 Å². The van der Waals surface area contributed by atoms with Crippen molar-refractivity contribution in [2.45, 2.75) is 18.9 Å². The van der Waals surface area contributed by atoms with Crippen LogP contribution in [0.25, 0.3) is 0 Å². The van der Waals surface area contributed by atoms with E-state index in [1.54, 1.807) is 14.1 Å². The maximum absolute atomic E-state index is 10.5. The molecule has 5 heteroatoms. The van der Waals surface area contributed by atoms with Gasteiger partial charge in [-0.15, -0.1) is 0 Å². The van der Waals surface area contributed by atoms with Gasteiger partial charge in [-0.3, -0.25) is 4.99 Å². The van der Waals surface area contributed by atoms with Crippen molar-refractivity contribution in [2.24, 2.45) is 4.99 Å². The van der Waals surface area contributed by atoms with Crippen molar-refractivity contribution in [3.05, 3.63) is 0 Å². The number of nitrogens with zero attached hydrogens (tertiary/aromatic N) is 1. The van der Waals surface area contributed by atoms with Crippen LogP contribution in [0.3, 0.4) is 0 Å². The van der Waals surface area contributed by atoms with Crippen LogP contribution in [0.4, 0.5) is 0 Å². The summed E-state index contributed by atoms with van der Waals surface area (Å²) in [6.07, 6.45) is 2.71. The Morgan fingerprint density at radius 2 is 2.21 bits per heavy atom. The molecule has 0 spiro atoms. The van der Waals surface area contributed by atoms with Crippen LogP contribution >= 0.6 is 0 Å². The van der Waals surface area contributed by atoms with E-state index in [4.69, 9.17) is 0 Å². The molecule has 0 saturated heterocycles. The number of aldehydes is 1. The Labute approximate surface area is 85.4 Å². The fourth-order valence-electron chi connectivity index (χ4n) is 1.09. The van der Waals surface area contributed by atoms with E-state index in [9.17, 15) is 4.79 Å². The summed E-state index contributed by atoms with van der Waals surface area (Å²) in [4.78, 5) is 14.4. The third kappa shape index (κ3) is 5.53. The van der Waals surface area contributed by atoms with Gasteiger partial charge in [0.1, 0.15) is 6.29 Å². The van der Waals surface area contributed by atoms with Gasteiger partial charge in [-0.25, -0.2) is 0 Å². The summed E-state index contributed by atoms with van der Waals surface area (Å²) in [5.74, 6) is 0.775. The van der Waals surface area contributed by atoms with Crippen molar-refractivity contribution in [3.8, 4) is 0 Å². The minimum absolute atomic E-state index is 0.0339. The predicted molar refractivity (Wildman–Crippen MR) is 58.6 cm³/mol. The largest absolute Gasteiger partial charge is 0.359 e. The van der Waals surface area contributed by atoms with Gasteiger partial charge < -0.3 is 20.7 Å². The van der Waals surface area contributed by atoms with Crippen LogP contribution in [-0.2, 0) is 4.79 Å². The second-order valence-electron chi connectivity index (χ2n) is 2.92. The number of guanidine groups is 1. The van der Waals surface area contributed by atoms with Crippen molar-refractivity contribution >= 4 is 12.2 Å². The third-order valence-corrected chi connectivity index (χ3v) is 1.98. The molecular weight excluding hydrogens is 180 g/mol. The average Bonchev–Trinajstić information content (AvgIpc) is 2.24. The van der Waals surface area contributed by atoms with Crippen molar-refractivity contribution in [1.29, 1.82) is 0 Å². The fraction of sp³-hybridized carbons (Fsp3) is 0.778. The van der Waals surface area contributed by atoms with Gasteiger partial charge in [0, 0.05) is 20.6 Å². The smallest absolute Gasteiger partial charge is 0.190 e. The first-order valence-corrected chi connectivity index (χ1v) is 4.79. The van der Waals surface area contributed by atoms with E-state index < -0.39 is 0 Å². The standard InChI is InChI=1S/C9H20N4O/c1-10-8(7-14)5-4-6-13-9(11-2)12-3/h7-8,10H,4-6H2,1-3H3,(H2,11,12,13). The molecule has 82 valence electrons. The first-order chi connectivity index (χ1) is 6.78. The minimum Gasteiger partial charge on any atom is -0.359 e. The molecule has 0 aliphatic carbocycles. The Hall–Kier alpha value is -1.10. The van der Waals surface area contributed by atoms with Gasteiger partial charge in [-0.1, -0.05) is 0 Å². The number of carbonyl (C=O) groups excluding carboxylic acids is 1. The molecule has 0 aromatic heterocycles. The molecule has 0 rings (SSSR count). The van der Waals surface area contributed by atoms with Crippen LogP contribution < -0.4 is 16.0 Å². The number of hydrogen-bond acceptors (Lipinski definition) is 3. The van der Waals surface area contributed by atoms with Gasteiger partial charge in [-0.05, 0) is 19.9 Å². The average molecular weight is 200 g/mol. The zero-order chi connectivity index (χ0) is 10.8. The summed E-state index contributed by atoms with van der Waals surface area (Å²) in [7, 11) is 5.33. The number of hydrogen-bond donors (Lipinski definition) is 3. The molecule has 1 atom stereocenters. The lowest BCUT2D eigenvalue weighted by molar-refractivity contribution is -0.109. The van der Waals surface area contributed by atoms with E-state index in [1.165, 1.54) is 0 Å². The molecule has 0 aromatic rings. The summed E-state index contributed by atoms with van der Waals surface area (Å²) in [6, 6.07) is -0.0339. The van der Waals surface area contributed by atoms with Crippen molar-refractivity contribution in [1.82, 2.24) is 16.0 Å². The van der Waals surface area contributed by atoms with Crippen LogP contribution in [0.1, 0.15) is 12.8 Å². The summed E-state index contributed by atoms with van der Waals surface area (Å²) in [5, 5.41) is 8.97. The third-order valence-electron chi connectivity index (χ3n) is 1.98. The van der Waals surface area contributed by atoms with Gasteiger partial charge in [0.15, 0.2) is 5.96 Å². The molecule has 0 fully saturated rings. The van der Waals surface area contributed by atoms with Crippen LogP contribution in [0.15, 0.2) is 4.99 Å². The molecule has 0 aromatic carbocycles. The van der Waals surface area contributed by atoms with E-state index in [2.05, 4.69) is 20.9 Å². The van der Waals surface area contributed by atoms with E-state index >= 15 is 0 Å². The fourth-order valence-corrected chi connectivity index (χ4v) is 1.09. The highest BCUT2D eigenvalue weighted by Crippen LogP contribution is 1.92. The second-order valence-corrected chi connectivity index (χ2v) is 2.92. The van der Waals surface area contributed by atoms with Gasteiger partial charge in [0.05, 0.1) is 6.04 Å².